The van der Waals surface area contributed by atoms with Crippen LogP contribution in [0.25, 0.3) is 0 Å². The maximum Gasteiger partial charge on any atom is 0.144 e. The minimum atomic E-state index is -0.130. The smallest absolute Gasteiger partial charge is 0.144 e. The lowest BCUT2D eigenvalue weighted by atomic mass is 10.1. The molecule has 1 aromatic rings. The normalized spacial score (nSPS) is 25.3. The first-order valence-electron chi connectivity index (χ1n) is 4.38. The highest BCUT2D eigenvalue weighted by molar-refractivity contribution is 5.78. The van der Waals surface area contributed by atoms with Gasteiger partial charge >= 0.3 is 0 Å². The maximum absolute atomic E-state index is 10.7. The second-order valence-corrected chi connectivity index (χ2v) is 3.28. The SMILES string of the molecule is CC1Nc2ccccc2NC1C=O. The monoisotopic (exact) mass is 176 g/mol. The van der Waals surface area contributed by atoms with E-state index in [1.807, 2.05) is 31.2 Å². The molecule has 2 unspecified atom stereocenters. The molecule has 3 heteroatoms. The molecule has 1 aliphatic rings. The predicted octanol–water partition coefficient (Wildman–Crippen LogP) is 1.48. The third-order valence-electron chi connectivity index (χ3n) is 2.32. The van der Waals surface area contributed by atoms with Crippen molar-refractivity contribution in [1.29, 1.82) is 0 Å². The zero-order chi connectivity index (χ0) is 9.26. The van der Waals surface area contributed by atoms with Crippen molar-refractivity contribution in [3.05, 3.63) is 24.3 Å². The van der Waals surface area contributed by atoms with E-state index in [2.05, 4.69) is 10.6 Å². The lowest BCUT2D eigenvalue weighted by Gasteiger charge is -2.30. The average molecular weight is 176 g/mol. The van der Waals surface area contributed by atoms with E-state index in [0.717, 1.165) is 17.7 Å². The van der Waals surface area contributed by atoms with Gasteiger partial charge in [0, 0.05) is 0 Å². The van der Waals surface area contributed by atoms with Gasteiger partial charge in [0.05, 0.1) is 17.4 Å². The van der Waals surface area contributed by atoms with Crippen molar-refractivity contribution in [3.8, 4) is 0 Å². The van der Waals surface area contributed by atoms with Crippen molar-refractivity contribution < 1.29 is 4.79 Å². The van der Waals surface area contributed by atoms with Crippen LogP contribution in [0.2, 0.25) is 0 Å². The summed E-state index contributed by atoms with van der Waals surface area (Å²) < 4.78 is 0. The van der Waals surface area contributed by atoms with Gasteiger partial charge < -0.3 is 15.4 Å². The number of carbonyl (C=O) groups is 1. The molecule has 0 saturated heterocycles. The fourth-order valence-corrected chi connectivity index (χ4v) is 1.53. The van der Waals surface area contributed by atoms with Crippen LogP contribution >= 0.6 is 0 Å². The number of carbonyl (C=O) groups excluding carboxylic acids is 1. The van der Waals surface area contributed by atoms with Gasteiger partial charge in [0.25, 0.3) is 0 Å². The molecule has 2 N–H and O–H groups in total. The fraction of sp³-hybridized carbons (Fsp3) is 0.300. The van der Waals surface area contributed by atoms with Crippen molar-refractivity contribution in [2.45, 2.75) is 19.0 Å². The molecule has 0 radical (unpaired) electrons. The predicted molar refractivity (Wildman–Crippen MR) is 53.0 cm³/mol. The number of rotatable bonds is 1. The van der Waals surface area contributed by atoms with Gasteiger partial charge in [-0.1, -0.05) is 12.1 Å². The number of para-hydroxylation sites is 2. The van der Waals surface area contributed by atoms with E-state index < -0.39 is 0 Å². The van der Waals surface area contributed by atoms with E-state index in [9.17, 15) is 4.79 Å². The summed E-state index contributed by atoms with van der Waals surface area (Å²) in [4.78, 5) is 10.7. The standard InChI is InChI=1S/C10H12N2O/c1-7-10(6-13)12-9-5-3-2-4-8(9)11-7/h2-7,10-12H,1H3. The van der Waals surface area contributed by atoms with Gasteiger partial charge in [0.2, 0.25) is 0 Å². The number of anilines is 2. The summed E-state index contributed by atoms with van der Waals surface area (Å²) in [6, 6.07) is 7.90. The lowest BCUT2D eigenvalue weighted by molar-refractivity contribution is -0.108. The van der Waals surface area contributed by atoms with Crippen LogP contribution in [-0.2, 0) is 4.79 Å². The van der Waals surface area contributed by atoms with Crippen molar-refractivity contribution in [2.24, 2.45) is 0 Å². The molecule has 0 amide bonds. The lowest BCUT2D eigenvalue weighted by Crippen LogP contribution is -2.41. The molecule has 2 atom stereocenters. The van der Waals surface area contributed by atoms with E-state index in [1.54, 1.807) is 0 Å². The van der Waals surface area contributed by atoms with E-state index in [0.29, 0.717) is 0 Å². The number of hydrogen-bond acceptors (Lipinski definition) is 3. The van der Waals surface area contributed by atoms with Crippen molar-refractivity contribution >= 4 is 17.7 Å². The molecule has 1 heterocycles. The van der Waals surface area contributed by atoms with Crippen molar-refractivity contribution in [1.82, 2.24) is 0 Å². The van der Waals surface area contributed by atoms with Gasteiger partial charge in [-0.2, -0.15) is 0 Å². The highest BCUT2D eigenvalue weighted by Gasteiger charge is 2.22. The molecule has 0 aromatic heterocycles. The van der Waals surface area contributed by atoms with Gasteiger partial charge in [-0.05, 0) is 19.1 Å². The summed E-state index contributed by atoms with van der Waals surface area (Å²) in [5, 5.41) is 6.43. The van der Waals surface area contributed by atoms with E-state index in [4.69, 9.17) is 0 Å². The molecule has 13 heavy (non-hydrogen) atoms. The molecule has 1 aliphatic heterocycles. The zero-order valence-electron chi connectivity index (χ0n) is 7.45. The minimum absolute atomic E-state index is 0.130. The van der Waals surface area contributed by atoms with Crippen LogP contribution in [0, 0.1) is 0 Å². The Hall–Kier alpha value is -1.51. The molecule has 68 valence electrons. The molecule has 0 spiro atoms. The van der Waals surface area contributed by atoms with Gasteiger partial charge in [0.15, 0.2) is 0 Å². The van der Waals surface area contributed by atoms with Crippen LogP contribution < -0.4 is 10.6 Å². The van der Waals surface area contributed by atoms with Gasteiger partial charge in [-0.25, -0.2) is 0 Å². The second-order valence-electron chi connectivity index (χ2n) is 3.28. The van der Waals surface area contributed by atoms with E-state index in [1.165, 1.54) is 0 Å². The molecule has 2 rings (SSSR count). The van der Waals surface area contributed by atoms with Crippen molar-refractivity contribution in [2.75, 3.05) is 10.6 Å². The van der Waals surface area contributed by atoms with E-state index in [-0.39, 0.29) is 12.1 Å². The quantitative estimate of drug-likeness (QED) is 0.637. The van der Waals surface area contributed by atoms with Crippen LogP contribution in [0.1, 0.15) is 6.92 Å². The Balaban J connectivity index is 2.32. The number of benzene rings is 1. The van der Waals surface area contributed by atoms with Crippen LogP contribution in [0.5, 0.6) is 0 Å². The molecular formula is C10H12N2O. The largest absolute Gasteiger partial charge is 0.378 e. The Morgan fingerprint density at radius 1 is 1.23 bits per heavy atom. The van der Waals surface area contributed by atoms with Crippen molar-refractivity contribution in [3.63, 3.8) is 0 Å². The third kappa shape index (κ3) is 1.37. The van der Waals surface area contributed by atoms with Gasteiger partial charge in [0.1, 0.15) is 12.3 Å². The molecule has 0 saturated carbocycles. The Morgan fingerprint density at radius 3 is 2.46 bits per heavy atom. The molecule has 1 aromatic carbocycles. The summed E-state index contributed by atoms with van der Waals surface area (Å²) in [5.74, 6) is 0. The molecule has 3 nitrogen and oxygen atoms in total. The summed E-state index contributed by atoms with van der Waals surface area (Å²) in [7, 11) is 0. The maximum atomic E-state index is 10.7. The molecule has 0 fully saturated rings. The first-order chi connectivity index (χ1) is 6.31. The Morgan fingerprint density at radius 2 is 1.85 bits per heavy atom. The first kappa shape index (κ1) is 8.10. The Kier molecular flexibility index (Phi) is 1.93. The third-order valence-corrected chi connectivity index (χ3v) is 2.32. The Bertz CT molecular complexity index is 324. The number of fused-ring (bicyclic) bond motifs is 1. The van der Waals surface area contributed by atoms with Crippen LogP contribution in [-0.4, -0.2) is 18.4 Å². The minimum Gasteiger partial charge on any atom is -0.378 e. The average Bonchev–Trinajstić information content (AvgIpc) is 2.17. The molecular weight excluding hydrogens is 164 g/mol. The van der Waals surface area contributed by atoms with Crippen LogP contribution in [0.15, 0.2) is 24.3 Å². The topological polar surface area (TPSA) is 41.1 Å². The Labute approximate surface area is 77.1 Å². The van der Waals surface area contributed by atoms with Crippen LogP contribution in [0.4, 0.5) is 11.4 Å². The zero-order valence-corrected chi connectivity index (χ0v) is 7.45. The number of hydrogen-bond donors (Lipinski definition) is 2. The molecule has 0 bridgehead atoms. The van der Waals surface area contributed by atoms with Gasteiger partial charge in [-0.3, -0.25) is 0 Å². The molecule has 0 aliphatic carbocycles. The first-order valence-corrected chi connectivity index (χ1v) is 4.38. The fourth-order valence-electron chi connectivity index (χ4n) is 1.53. The number of nitrogens with one attached hydrogen (secondary N) is 2. The highest BCUT2D eigenvalue weighted by atomic mass is 16.1. The second kappa shape index (κ2) is 3.09. The van der Waals surface area contributed by atoms with Crippen LogP contribution in [0.3, 0.4) is 0 Å². The highest BCUT2D eigenvalue weighted by Crippen LogP contribution is 2.27. The van der Waals surface area contributed by atoms with Gasteiger partial charge in [-0.15, -0.1) is 0 Å². The summed E-state index contributed by atoms with van der Waals surface area (Å²) in [6.45, 7) is 1.99. The number of aldehydes is 1. The summed E-state index contributed by atoms with van der Waals surface area (Å²) in [6.07, 6.45) is 0.938. The van der Waals surface area contributed by atoms with E-state index >= 15 is 0 Å². The summed E-state index contributed by atoms with van der Waals surface area (Å²) >= 11 is 0. The summed E-state index contributed by atoms with van der Waals surface area (Å²) in [5.41, 5.74) is 2.06.